The molecule has 4 aromatic carbocycles. The summed E-state index contributed by atoms with van der Waals surface area (Å²) in [6, 6.07) is 14.9. The van der Waals surface area contributed by atoms with Gasteiger partial charge in [-0.05, 0) is 49.6 Å². The van der Waals surface area contributed by atoms with Gasteiger partial charge in [-0.3, -0.25) is 0 Å². The molecule has 0 amide bonds. The summed E-state index contributed by atoms with van der Waals surface area (Å²) < 4.78 is 15.3. The predicted molar refractivity (Wildman–Crippen MR) is 108 cm³/mol. The largest absolute Gasteiger partial charge is 0.206 e. The van der Waals surface area contributed by atoms with E-state index in [1.165, 1.54) is 21.7 Å². The van der Waals surface area contributed by atoms with Crippen LogP contribution in [-0.4, -0.2) is 0 Å². The molecule has 4 aromatic rings. The Morgan fingerprint density at radius 3 is 1.68 bits per heavy atom. The summed E-state index contributed by atoms with van der Waals surface area (Å²) in [5.41, 5.74) is 1.98. The van der Waals surface area contributed by atoms with E-state index in [1.807, 2.05) is 12.1 Å². The Kier molecular flexibility index (Phi) is 3.23. The molecule has 0 heterocycles. The fourth-order valence-electron chi connectivity index (χ4n) is 3.84. The van der Waals surface area contributed by atoms with E-state index in [1.54, 1.807) is 0 Å². The average molecular weight is 332 g/mol. The third-order valence-corrected chi connectivity index (χ3v) is 5.33. The number of benzene rings is 4. The Bertz CT molecular complexity index is 1090. The zero-order valence-corrected chi connectivity index (χ0v) is 15.9. The second-order valence-corrected chi connectivity index (χ2v) is 9.31. The molecule has 0 aliphatic carbocycles. The summed E-state index contributed by atoms with van der Waals surface area (Å²) in [6.45, 7) is 12.9. The Balaban J connectivity index is 2.18. The first-order valence-corrected chi connectivity index (χ1v) is 8.99. The highest BCUT2D eigenvalue weighted by atomic mass is 19.1. The van der Waals surface area contributed by atoms with Crippen LogP contribution in [0.5, 0.6) is 0 Å². The average Bonchev–Trinajstić information content (AvgIpc) is 2.51. The van der Waals surface area contributed by atoms with Gasteiger partial charge >= 0.3 is 0 Å². The lowest BCUT2D eigenvalue weighted by atomic mass is 9.81. The Morgan fingerprint density at radius 1 is 0.640 bits per heavy atom. The van der Waals surface area contributed by atoms with Crippen molar-refractivity contribution in [1.82, 2.24) is 0 Å². The molecule has 0 spiro atoms. The number of hydrogen-bond donors (Lipinski definition) is 0. The Hall–Kier alpha value is -2.15. The lowest BCUT2D eigenvalue weighted by molar-refractivity contribution is 0.530. The van der Waals surface area contributed by atoms with Crippen LogP contribution in [0.3, 0.4) is 0 Å². The summed E-state index contributed by atoms with van der Waals surface area (Å²) >= 11 is 0. The first-order chi connectivity index (χ1) is 11.6. The summed E-state index contributed by atoms with van der Waals surface area (Å²) in [5.74, 6) is -0.0747. The third kappa shape index (κ3) is 2.40. The molecular formula is C24H25F. The number of halogens is 1. The molecule has 0 aliphatic rings. The molecule has 0 aromatic heterocycles. The molecule has 0 atom stereocenters. The van der Waals surface area contributed by atoms with Gasteiger partial charge in [0.25, 0.3) is 0 Å². The lowest BCUT2D eigenvalue weighted by Crippen LogP contribution is -2.14. The summed E-state index contributed by atoms with van der Waals surface area (Å²) in [4.78, 5) is 0. The van der Waals surface area contributed by atoms with Gasteiger partial charge in [0.1, 0.15) is 5.82 Å². The molecule has 0 saturated heterocycles. The van der Waals surface area contributed by atoms with Crippen LogP contribution in [-0.2, 0) is 10.8 Å². The van der Waals surface area contributed by atoms with Crippen molar-refractivity contribution in [3.05, 3.63) is 59.4 Å². The van der Waals surface area contributed by atoms with E-state index in [4.69, 9.17) is 0 Å². The summed E-state index contributed by atoms with van der Waals surface area (Å²) in [6.07, 6.45) is 0. The monoisotopic (exact) mass is 332 g/mol. The zero-order valence-electron chi connectivity index (χ0n) is 15.9. The Morgan fingerprint density at radius 2 is 1.16 bits per heavy atom. The van der Waals surface area contributed by atoms with E-state index in [2.05, 4.69) is 71.9 Å². The molecule has 25 heavy (non-hydrogen) atoms. The molecular weight excluding hydrogens is 307 g/mol. The minimum atomic E-state index is -0.214. The molecule has 128 valence electrons. The smallest absolute Gasteiger partial charge is 0.134 e. The van der Waals surface area contributed by atoms with Crippen LogP contribution in [0.2, 0.25) is 0 Å². The van der Waals surface area contributed by atoms with Gasteiger partial charge in [0, 0.05) is 10.8 Å². The Labute approximate surface area is 149 Å². The molecule has 0 unspecified atom stereocenters. The zero-order chi connectivity index (χ0) is 18.1. The maximum atomic E-state index is 15.3. The van der Waals surface area contributed by atoms with Crippen LogP contribution in [0.1, 0.15) is 52.7 Å². The molecule has 0 saturated carbocycles. The van der Waals surface area contributed by atoms with Crippen LogP contribution >= 0.6 is 0 Å². The quantitative estimate of drug-likeness (QED) is 0.296. The second kappa shape index (κ2) is 4.94. The van der Waals surface area contributed by atoms with Gasteiger partial charge in [-0.15, -0.1) is 0 Å². The van der Waals surface area contributed by atoms with E-state index in [-0.39, 0.29) is 16.6 Å². The maximum absolute atomic E-state index is 15.3. The topological polar surface area (TPSA) is 0 Å². The van der Waals surface area contributed by atoms with Crippen molar-refractivity contribution in [2.75, 3.05) is 0 Å². The molecule has 0 fully saturated rings. The van der Waals surface area contributed by atoms with Gasteiger partial charge < -0.3 is 0 Å². The van der Waals surface area contributed by atoms with E-state index < -0.39 is 0 Å². The second-order valence-electron chi connectivity index (χ2n) is 9.31. The van der Waals surface area contributed by atoms with Crippen LogP contribution < -0.4 is 0 Å². The predicted octanol–water partition coefficient (Wildman–Crippen LogP) is 7.32. The van der Waals surface area contributed by atoms with Gasteiger partial charge in [0.05, 0.1) is 0 Å². The lowest BCUT2D eigenvalue weighted by Gasteiger charge is -2.24. The summed E-state index contributed by atoms with van der Waals surface area (Å²) in [7, 11) is 0. The SMILES string of the molecule is CC(C)(C)c1cc2ccc3cc(C(C)(C)C)c(F)c4ccc(c1)c2c34. The molecule has 0 bridgehead atoms. The maximum Gasteiger partial charge on any atom is 0.134 e. The number of rotatable bonds is 0. The van der Waals surface area contributed by atoms with Gasteiger partial charge in [-0.1, -0.05) is 77.9 Å². The minimum absolute atomic E-state index is 0.0747. The fourth-order valence-corrected chi connectivity index (χ4v) is 3.84. The first-order valence-electron chi connectivity index (χ1n) is 8.99. The summed E-state index contributed by atoms with van der Waals surface area (Å²) in [5, 5.41) is 6.50. The van der Waals surface area contributed by atoms with Crippen molar-refractivity contribution in [3.63, 3.8) is 0 Å². The van der Waals surface area contributed by atoms with E-state index >= 15 is 4.39 Å². The molecule has 0 nitrogen and oxygen atoms in total. The van der Waals surface area contributed by atoms with Crippen LogP contribution in [0.25, 0.3) is 32.3 Å². The van der Waals surface area contributed by atoms with Crippen LogP contribution in [0.15, 0.2) is 42.5 Å². The van der Waals surface area contributed by atoms with E-state index in [9.17, 15) is 0 Å². The number of hydrogen-bond acceptors (Lipinski definition) is 0. The molecule has 0 N–H and O–H groups in total. The van der Waals surface area contributed by atoms with Crippen molar-refractivity contribution in [3.8, 4) is 0 Å². The van der Waals surface area contributed by atoms with Gasteiger partial charge in [0.15, 0.2) is 0 Å². The minimum Gasteiger partial charge on any atom is -0.206 e. The van der Waals surface area contributed by atoms with Gasteiger partial charge in [-0.2, -0.15) is 0 Å². The molecule has 1 heteroatoms. The van der Waals surface area contributed by atoms with E-state index in [0.717, 1.165) is 21.7 Å². The van der Waals surface area contributed by atoms with Gasteiger partial charge in [0.2, 0.25) is 0 Å². The normalized spacial score (nSPS) is 13.4. The van der Waals surface area contributed by atoms with Crippen molar-refractivity contribution in [2.24, 2.45) is 0 Å². The highest BCUT2D eigenvalue weighted by molar-refractivity contribution is 6.23. The van der Waals surface area contributed by atoms with Crippen molar-refractivity contribution in [1.29, 1.82) is 0 Å². The van der Waals surface area contributed by atoms with Gasteiger partial charge in [-0.25, -0.2) is 4.39 Å². The van der Waals surface area contributed by atoms with Crippen LogP contribution in [0, 0.1) is 5.82 Å². The molecule has 4 rings (SSSR count). The fraction of sp³-hybridized carbons (Fsp3) is 0.333. The van der Waals surface area contributed by atoms with E-state index in [0.29, 0.717) is 0 Å². The van der Waals surface area contributed by atoms with Crippen molar-refractivity contribution >= 4 is 32.3 Å². The standard InChI is InChI=1S/C24H25F/c1-23(2,3)17-11-14-7-8-16-13-19(24(4,5)6)22(25)18-10-9-15(12-17)20(14)21(16)18/h7-13H,1-6H3. The highest BCUT2D eigenvalue weighted by Gasteiger charge is 2.23. The van der Waals surface area contributed by atoms with Crippen LogP contribution in [0.4, 0.5) is 4.39 Å². The molecule has 0 radical (unpaired) electrons. The van der Waals surface area contributed by atoms with Crippen molar-refractivity contribution < 1.29 is 4.39 Å². The first kappa shape index (κ1) is 16.3. The van der Waals surface area contributed by atoms with Crippen molar-refractivity contribution in [2.45, 2.75) is 52.4 Å². The molecule has 0 aliphatic heterocycles. The third-order valence-electron chi connectivity index (χ3n) is 5.33. The highest BCUT2D eigenvalue weighted by Crippen LogP contribution is 2.41.